The van der Waals surface area contributed by atoms with Gasteiger partial charge in [-0.2, -0.15) is 5.10 Å². The Hall–Kier alpha value is -1.85. The van der Waals surface area contributed by atoms with E-state index < -0.39 is 0 Å². The Balaban J connectivity index is 2.12. The van der Waals surface area contributed by atoms with Gasteiger partial charge in [0, 0.05) is 5.57 Å². The van der Waals surface area contributed by atoms with Crippen molar-refractivity contribution >= 4 is 40.9 Å². The van der Waals surface area contributed by atoms with Crippen molar-refractivity contribution in [1.29, 1.82) is 0 Å². The topological polar surface area (TPSA) is 61.8 Å². The first-order valence-corrected chi connectivity index (χ1v) is 6.91. The highest BCUT2D eigenvalue weighted by Crippen LogP contribution is 2.27. The first-order chi connectivity index (χ1) is 9.88. The number of hydrazone groups is 1. The number of nitrogens with zero attached hydrogens (tertiary/aromatic N) is 2. The fraction of sp³-hybridized carbons (Fsp3) is 0.214. The molecule has 2 amide bonds. The van der Waals surface area contributed by atoms with Crippen molar-refractivity contribution in [1.82, 2.24) is 10.3 Å². The Labute approximate surface area is 132 Å². The van der Waals surface area contributed by atoms with Gasteiger partial charge in [0.25, 0.3) is 11.8 Å². The first kappa shape index (κ1) is 15.5. The van der Waals surface area contributed by atoms with Crippen LogP contribution in [-0.4, -0.2) is 22.7 Å². The summed E-state index contributed by atoms with van der Waals surface area (Å²) < 4.78 is 0. The fourth-order valence-corrected chi connectivity index (χ4v) is 2.11. The third-order valence-electron chi connectivity index (χ3n) is 2.85. The lowest BCUT2D eigenvalue weighted by atomic mass is 10.2. The molecule has 21 heavy (non-hydrogen) atoms. The van der Waals surface area contributed by atoms with Crippen LogP contribution in [0.3, 0.4) is 0 Å². The molecule has 0 saturated heterocycles. The number of amidine groups is 1. The zero-order chi connectivity index (χ0) is 15.6. The summed E-state index contributed by atoms with van der Waals surface area (Å²) >= 11 is 12.0. The number of halogens is 2. The van der Waals surface area contributed by atoms with Gasteiger partial charge in [-0.15, -0.1) is 0 Å². The average Bonchev–Trinajstić information content (AvgIpc) is 2.75. The highest BCUT2D eigenvalue weighted by molar-refractivity contribution is 6.42. The molecule has 0 aromatic heterocycles. The molecule has 1 aliphatic rings. The number of amides is 2. The lowest BCUT2D eigenvalue weighted by molar-refractivity contribution is -0.129. The van der Waals surface area contributed by atoms with Crippen LogP contribution >= 0.6 is 23.2 Å². The molecule has 1 N–H and O–H groups in total. The Bertz CT molecular complexity index is 656. The van der Waals surface area contributed by atoms with E-state index in [2.05, 4.69) is 17.0 Å². The minimum atomic E-state index is -0.357. The third-order valence-corrected chi connectivity index (χ3v) is 3.70. The Kier molecular flexibility index (Phi) is 4.65. The van der Waals surface area contributed by atoms with Crippen LogP contribution in [-0.2, 0) is 16.1 Å². The Morgan fingerprint density at radius 3 is 2.86 bits per heavy atom. The molecule has 0 bridgehead atoms. The van der Waals surface area contributed by atoms with Gasteiger partial charge in [-0.1, -0.05) is 41.9 Å². The monoisotopic (exact) mass is 325 g/mol. The minimum Gasteiger partial charge on any atom is -0.308 e. The highest BCUT2D eigenvalue weighted by Gasteiger charge is 2.25. The van der Waals surface area contributed by atoms with E-state index in [0.29, 0.717) is 27.0 Å². The summed E-state index contributed by atoms with van der Waals surface area (Å²) in [5.74, 6) is -0.279. The van der Waals surface area contributed by atoms with E-state index in [9.17, 15) is 9.59 Å². The van der Waals surface area contributed by atoms with Crippen LogP contribution in [0, 0.1) is 0 Å². The molecule has 1 aromatic carbocycles. The molecule has 7 heteroatoms. The van der Waals surface area contributed by atoms with Crippen molar-refractivity contribution in [3.8, 4) is 0 Å². The summed E-state index contributed by atoms with van der Waals surface area (Å²) in [4.78, 5) is 23.4. The predicted molar refractivity (Wildman–Crippen MR) is 82.0 cm³/mol. The summed E-state index contributed by atoms with van der Waals surface area (Å²) in [6.07, 6.45) is 0.0389. The second kappa shape index (κ2) is 6.28. The van der Waals surface area contributed by atoms with E-state index in [1.165, 1.54) is 5.01 Å². The van der Waals surface area contributed by atoms with E-state index in [4.69, 9.17) is 23.2 Å². The van der Waals surface area contributed by atoms with Crippen LogP contribution in [0.5, 0.6) is 0 Å². The zero-order valence-electron chi connectivity index (χ0n) is 11.3. The summed E-state index contributed by atoms with van der Waals surface area (Å²) in [6.45, 7) is 5.31. The Morgan fingerprint density at radius 1 is 1.48 bits per heavy atom. The van der Waals surface area contributed by atoms with Crippen molar-refractivity contribution in [2.45, 2.75) is 19.9 Å². The highest BCUT2D eigenvalue weighted by atomic mass is 35.5. The van der Waals surface area contributed by atoms with Crippen molar-refractivity contribution in [2.24, 2.45) is 5.10 Å². The van der Waals surface area contributed by atoms with Gasteiger partial charge < -0.3 is 5.32 Å². The number of hydrogen-bond acceptors (Lipinski definition) is 3. The van der Waals surface area contributed by atoms with Gasteiger partial charge in [0.2, 0.25) is 0 Å². The molecule has 1 aliphatic heterocycles. The van der Waals surface area contributed by atoms with Crippen LogP contribution in [0.2, 0.25) is 10.0 Å². The van der Waals surface area contributed by atoms with Crippen molar-refractivity contribution in [3.63, 3.8) is 0 Å². The van der Waals surface area contributed by atoms with Crippen LogP contribution in [0.1, 0.15) is 18.9 Å². The molecular formula is C14H13Cl2N3O2. The summed E-state index contributed by atoms with van der Waals surface area (Å²) in [5, 5.41) is 8.69. The normalized spacial score (nSPS) is 14.1. The minimum absolute atomic E-state index is 0.0389. The molecule has 110 valence electrons. The molecule has 1 aromatic rings. The SMILES string of the molecule is C=C(C)C(=O)NC1=NN(Cc2cccc(Cl)c2Cl)C(=O)C1. The van der Waals surface area contributed by atoms with E-state index in [0.717, 1.165) is 0 Å². The van der Waals surface area contributed by atoms with Gasteiger partial charge in [0.1, 0.15) is 5.84 Å². The molecule has 2 rings (SSSR count). The van der Waals surface area contributed by atoms with Crippen molar-refractivity contribution < 1.29 is 9.59 Å². The van der Waals surface area contributed by atoms with E-state index in [-0.39, 0.29) is 24.8 Å². The summed E-state index contributed by atoms with van der Waals surface area (Å²) in [6, 6.07) is 5.18. The van der Waals surface area contributed by atoms with Gasteiger partial charge in [-0.3, -0.25) is 9.59 Å². The van der Waals surface area contributed by atoms with Gasteiger partial charge >= 0.3 is 0 Å². The van der Waals surface area contributed by atoms with Gasteiger partial charge in [0.15, 0.2) is 0 Å². The molecule has 0 spiro atoms. The van der Waals surface area contributed by atoms with E-state index >= 15 is 0 Å². The molecule has 5 nitrogen and oxygen atoms in total. The molecule has 0 saturated carbocycles. The molecule has 0 aliphatic carbocycles. The fourth-order valence-electron chi connectivity index (χ4n) is 1.73. The smallest absolute Gasteiger partial charge is 0.251 e. The maximum absolute atomic E-state index is 11.9. The quantitative estimate of drug-likeness (QED) is 0.868. The second-order valence-corrected chi connectivity index (χ2v) is 5.41. The second-order valence-electron chi connectivity index (χ2n) is 4.62. The number of benzene rings is 1. The number of carbonyl (C=O) groups is 2. The maximum Gasteiger partial charge on any atom is 0.251 e. The van der Waals surface area contributed by atoms with Gasteiger partial charge in [0.05, 0.1) is 23.0 Å². The van der Waals surface area contributed by atoms with Crippen molar-refractivity contribution in [2.75, 3.05) is 0 Å². The maximum atomic E-state index is 11.9. The van der Waals surface area contributed by atoms with Crippen LogP contribution in [0.15, 0.2) is 35.5 Å². The van der Waals surface area contributed by atoms with Crippen LogP contribution in [0.25, 0.3) is 0 Å². The van der Waals surface area contributed by atoms with Gasteiger partial charge in [-0.25, -0.2) is 5.01 Å². The lowest BCUT2D eigenvalue weighted by Crippen LogP contribution is -2.29. The standard InChI is InChI=1S/C14H13Cl2N3O2/c1-8(2)14(21)17-11-6-12(20)19(18-11)7-9-4-3-5-10(15)13(9)16/h3-5H,1,6-7H2,2H3,(H,17,18,21). The summed E-state index contributed by atoms with van der Waals surface area (Å²) in [7, 11) is 0. The van der Waals surface area contributed by atoms with Crippen LogP contribution in [0.4, 0.5) is 0 Å². The summed E-state index contributed by atoms with van der Waals surface area (Å²) in [5.41, 5.74) is 1.04. The van der Waals surface area contributed by atoms with Gasteiger partial charge in [-0.05, 0) is 18.6 Å². The number of nitrogens with one attached hydrogen (secondary N) is 1. The molecule has 0 fully saturated rings. The Morgan fingerprint density at radius 2 is 2.19 bits per heavy atom. The third kappa shape index (κ3) is 3.62. The zero-order valence-corrected chi connectivity index (χ0v) is 12.8. The molecule has 0 unspecified atom stereocenters. The number of rotatable bonds is 3. The average molecular weight is 326 g/mol. The van der Waals surface area contributed by atoms with Crippen LogP contribution < -0.4 is 5.32 Å². The van der Waals surface area contributed by atoms with E-state index in [1.807, 2.05) is 0 Å². The number of hydrogen-bond donors (Lipinski definition) is 1. The first-order valence-electron chi connectivity index (χ1n) is 6.16. The lowest BCUT2D eigenvalue weighted by Gasteiger charge is -2.13. The predicted octanol–water partition coefficient (Wildman–Crippen LogP) is 2.73. The molecular weight excluding hydrogens is 313 g/mol. The molecule has 1 heterocycles. The molecule has 0 radical (unpaired) electrons. The number of carbonyl (C=O) groups excluding carboxylic acids is 2. The van der Waals surface area contributed by atoms with E-state index in [1.54, 1.807) is 25.1 Å². The molecule has 0 atom stereocenters. The largest absolute Gasteiger partial charge is 0.308 e. The van der Waals surface area contributed by atoms with Crippen molar-refractivity contribution in [3.05, 3.63) is 46.0 Å².